The van der Waals surface area contributed by atoms with E-state index in [4.69, 9.17) is 0 Å². The zero-order chi connectivity index (χ0) is 14.3. The van der Waals surface area contributed by atoms with Crippen molar-refractivity contribution < 1.29 is 0 Å². The van der Waals surface area contributed by atoms with Crippen LogP contribution in [-0.4, -0.2) is 14.8 Å². The van der Waals surface area contributed by atoms with Crippen molar-refractivity contribution in [3.8, 4) is 0 Å². The summed E-state index contributed by atoms with van der Waals surface area (Å²) in [6, 6.07) is 10.4. The molecule has 0 spiro atoms. The van der Waals surface area contributed by atoms with Crippen molar-refractivity contribution in [3.63, 3.8) is 0 Å². The van der Waals surface area contributed by atoms with E-state index in [1.165, 1.54) is 10.9 Å². The number of rotatable bonds is 2. The number of aryl methyl sites for hydroxylation is 2. The molecule has 0 atom stereocenters. The average molecular weight is 330 g/mol. The molecule has 3 nitrogen and oxygen atoms in total. The fourth-order valence-corrected chi connectivity index (χ4v) is 2.80. The van der Waals surface area contributed by atoms with Crippen molar-refractivity contribution in [1.29, 1.82) is 0 Å². The van der Waals surface area contributed by atoms with E-state index in [1.54, 1.807) is 0 Å². The van der Waals surface area contributed by atoms with E-state index in [9.17, 15) is 0 Å². The summed E-state index contributed by atoms with van der Waals surface area (Å²) >= 11 is 3.58. The molecular formula is C16H16BrN3. The number of aromatic nitrogens is 3. The molecule has 0 aliphatic carbocycles. The SMILES string of the molecule is Cc1cc(Cn2nc(C)c(Br)c2C)c2ccccc2n1. The van der Waals surface area contributed by atoms with Gasteiger partial charge in [-0.3, -0.25) is 9.67 Å². The lowest BCUT2D eigenvalue weighted by atomic mass is 10.1. The van der Waals surface area contributed by atoms with Gasteiger partial charge in [-0.2, -0.15) is 5.10 Å². The molecule has 0 aliphatic rings. The summed E-state index contributed by atoms with van der Waals surface area (Å²) in [5, 5.41) is 5.79. The first-order valence-electron chi connectivity index (χ1n) is 6.61. The Hall–Kier alpha value is -1.68. The van der Waals surface area contributed by atoms with Crippen LogP contribution in [0.25, 0.3) is 10.9 Å². The number of hydrogen-bond donors (Lipinski definition) is 0. The van der Waals surface area contributed by atoms with Gasteiger partial charge in [-0.1, -0.05) is 18.2 Å². The second-order valence-electron chi connectivity index (χ2n) is 5.08. The van der Waals surface area contributed by atoms with Crippen LogP contribution in [0.2, 0.25) is 0 Å². The van der Waals surface area contributed by atoms with Gasteiger partial charge in [0.2, 0.25) is 0 Å². The highest BCUT2D eigenvalue weighted by Gasteiger charge is 2.11. The summed E-state index contributed by atoms with van der Waals surface area (Å²) < 4.78 is 3.13. The van der Waals surface area contributed by atoms with Crippen LogP contribution >= 0.6 is 15.9 Å². The van der Waals surface area contributed by atoms with Crippen LogP contribution in [-0.2, 0) is 6.54 Å². The molecule has 2 heterocycles. The topological polar surface area (TPSA) is 30.7 Å². The van der Waals surface area contributed by atoms with Crippen molar-refractivity contribution in [2.24, 2.45) is 0 Å². The van der Waals surface area contributed by atoms with Crippen molar-refractivity contribution >= 4 is 26.8 Å². The Morgan fingerprint density at radius 1 is 1.15 bits per heavy atom. The van der Waals surface area contributed by atoms with E-state index >= 15 is 0 Å². The number of nitrogens with zero attached hydrogens (tertiary/aromatic N) is 3. The molecule has 0 saturated heterocycles. The summed E-state index contributed by atoms with van der Waals surface area (Å²) in [4.78, 5) is 4.58. The van der Waals surface area contributed by atoms with Gasteiger partial charge >= 0.3 is 0 Å². The third-order valence-corrected chi connectivity index (χ3v) is 4.69. The molecule has 0 saturated carbocycles. The van der Waals surface area contributed by atoms with Gasteiger partial charge in [0, 0.05) is 11.1 Å². The molecule has 3 aromatic rings. The normalized spacial score (nSPS) is 11.2. The molecule has 2 aromatic heterocycles. The molecule has 0 fully saturated rings. The van der Waals surface area contributed by atoms with Gasteiger partial charge in [0.1, 0.15) is 0 Å². The zero-order valence-corrected chi connectivity index (χ0v) is 13.4. The maximum atomic E-state index is 4.59. The van der Waals surface area contributed by atoms with Crippen LogP contribution < -0.4 is 0 Å². The van der Waals surface area contributed by atoms with Gasteiger partial charge in [0.05, 0.1) is 27.9 Å². The number of halogens is 1. The van der Waals surface area contributed by atoms with Crippen LogP contribution in [0.4, 0.5) is 0 Å². The quantitative estimate of drug-likeness (QED) is 0.706. The second-order valence-corrected chi connectivity index (χ2v) is 5.88. The van der Waals surface area contributed by atoms with Crippen LogP contribution in [0, 0.1) is 20.8 Å². The van der Waals surface area contributed by atoms with Gasteiger partial charge < -0.3 is 0 Å². The van der Waals surface area contributed by atoms with Crippen LogP contribution in [0.15, 0.2) is 34.8 Å². The lowest BCUT2D eigenvalue weighted by Crippen LogP contribution is -2.05. The van der Waals surface area contributed by atoms with E-state index in [2.05, 4.69) is 57.2 Å². The Morgan fingerprint density at radius 3 is 2.60 bits per heavy atom. The summed E-state index contributed by atoms with van der Waals surface area (Å²) in [5.74, 6) is 0. The lowest BCUT2D eigenvalue weighted by molar-refractivity contribution is 0.661. The third kappa shape index (κ3) is 2.24. The fraction of sp³-hybridized carbons (Fsp3) is 0.250. The van der Waals surface area contributed by atoms with Crippen molar-refractivity contribution in [2.45, 2.75) is 27.3 Å². The number of hydrogen-bond acceptors (Lipinski definition) is 2. The van der Waals surface area contributed by atoms with E-state index in [1.807, 2.05) is 24.6 Å². The molecule has 0 radical (unpaired) electrons. The Balaban J connectivity index is 2.12. The van der Waals surface area contributed by atoms with Crippen LogP contribution in [0.5, 0.6) is 0 Å². The van der Waals surface area contributed by atoms with E-state index in [-0.39, 0.29) is 0 Å². The Labute approximate surface area is 126 Å². The van der Waals surface area contributed by atoms with Gasteiger partial charge in [-0.15, -0.1) is 0 Å². The second kappa shape index (κ2) is 5.02. The van der Waals surface area contributed by atoms with Crippen molar-refractivity contribution in [1.82, 2.24) is 14.8 Å². The monoisotopic (exact) mass is 329 g/mol. The largest absolute Gasteiger partial charge is 0.264 e. The first-order valence-corrected chi connectivity index (χ1v) is 7.40. The average Bonchev–Trinajstić information content (AvgIpc) is 2.66. The molecule has 0 amide bonds. The highest BCUT2D eigenvalue weighted by molar-refractivity contribution is 9.10. The molecule has 0 bridgehead atoms. The standard InChI is InChI=1S/C16H16BrN3/c1-10-8-13(14-6-4-5-7-15(14)18-10)9-20-12(3)16(17)11(2)19-20/h4-8H,9H2,1-3H3. The van der Waals surface area contributed by atoms with E-state index in [0.29, 0.717) is 0 Å². The van der Waals surface area contributed by atoms with E-state index < -0.39 is 0 Å². The van der Waals surface area contributed by atoms with E-state index in [0.717, 1.165) is 33.6 Å². The molecule has 3 rings (SSSR count). The minimum absolute atomic E-state index is 0.766. The Morgan fingerprint density at radius 2 is 1.90 bits per heavy atom. The minimum atomic E-state index is 0.766. The molecule has 1 aromatic carbocycles. The maximum absolute atomic E-state index is 4.59. The van der Waals surface area contributed by atoms with Crippen LogP contribution in [0.3, 0.4) is 0 Å². The number of benzene rings is 1. The molecule has 20 heavy (non-hydrogen) atoms. The first-order chi connectivity index (χ1) is 9.56. The summed E-state index contributed by atoms with van der Waals surface area (Å²) in [6.45, 7) is 6.90. The molecule has 0 aliphatic heterocycles. The number of para-hydroxylation sites is 1. The fourth-order valence-electron chi connectivity index (χ4n) is 2.52. The van der Waals surface area contributed by atoms with Crippen molar-refractivity contribution in [2.75, 3.05) is 0 Å². The number of pyridine rings is 1. The van der Waals surface area contributed by atoms with Gasteiger partial charge in [0.15, 0.2) is 0 Å². The molecule has 0 unspecified atom stereocenters. The summed E-state index contributed by atoms with van der Waals surface area (Å²) in [5.41, 5.74) is 5.52. The maximum Gasteiger partial charge on any atom is 0.0738 e. The molecular weight excluding hydrogens is 314 g/mol. The predicted octanol–water partition coefficient (Wildman–Crippen LogP) is 4.17. The predicted molar refractivity (Wildman–Crippen MR) is 85.0 cm³/mol. The van der Waals surface area contributed by atoms with Crippen LogP contribution in [0.1, 0.15) is 22.6 Å². The van der Waals surface area contributed by atoms with Gasteiger partial charge in [-0.25, -0.2) is 0 Å². The molecule has 4 heteroatoms. The smallest absolute Gasteiger partial charge is 0.0738 e. The zero-order valence-electron chi connectivity index (χ0n) is 11.8. The Kier molecular flexibility index (Phi) is 3.34. The highest BCUT2D eigenvalue weighted by atomic mass is 79.9. The van der Waals surface area contributed by atoms with Crippen molar-refractivity contribution in [3.05, 3.63) is 57.4 Å². The third-order valence-electron chi connectivity index (χ3n) is 3.54. The van der Waals surface area contributed by atoms with Gasteiger partial charge in [0.25, 0.3) is 0 Å². The summed E-state index contributed by atoms with van der Waals surface area (Å²) in [6.07, 6.45) is 0. The minimum Gasteiger partial charge on any atom is -0.264 e. The highest BCUT2D eigenvalue weighted by Crippen LogP contribution is 2.23. The molecule has 0 N–H and O–H groups in total. The Bertz CT molecular complexity index is 790. The van der Waals surface area contributed by atoms with Gasteiger partial charge in [-0.05, 0) is 54.4 Å². The number of fused-ring (bicyclic) bond motifs is 1. The first kappa shape index (κ1) is 13.3. The summed E-state index contributed by atoms with van der Waals surface area (Å²) in [7, 11) is 0. The lowest BCUT2D eigenvalue weighted by Gasteiger charge is -2.09. The molecule has 102 valence electrons.